The van der Waals surface area contributed by atoms with Crippen molar-refractivity contribution in [1.82, 2.24) is 9.97 Å². The topological polar surface area (TPSA) is 83.0 Å². The first-order valence-electron chi connectivity index (χ1n) is 6.11. The Balaban J connectivity index is 2.27. The number of benzene rings is 1. The van der Waals surface area contributed by atoms with Crippen molar-refractivity contribution in [2.75, 3.05) is 0 Å². The summed E-state index contributed by atoms with van der Waals surface area (Å²) in [5.41, 5.74) is -0.382. The van der Waals surface area contributed by atoms with Gasteiger partial charge < -0.3 is 10.1 Å². The van der Waals surface area contributed by atoms with E-state index in [0.717, 1.165) is 0 Å². The second-order valence-corrected chi connectivity index (χ2v) is 5.22. The summed E-state index contributed by atoms with van der Waals surface area (Å²) in [6.45, 7) is 3.32. The van der Waals surface area contributed by atoms with Gasteiger partial charge in [-0.2, -0.15) is 0 Å². The molecule has 0 amide bonds. The monoisotopic (exact) mass is 260 g/mol. The van der Waals surface area contributed by atoms with Crippen molar-refractivity contribution in [3.8, 4) is 0 Å². The lowest BCUT2D eigenvalue weighted by Crippen LogP contribution is -2.25. The van der Waals surface area contributed by atoms with E-state index < -0.39 is 11.4 Å². The van der Waals surface area contributed by atoms with Gasteiger partial charge in [-0.25, -0.2) is 4.98 Å². The van der Waals surface area contributed by atoms with Gasteiger partial charge in [-0.05, 0) is 32.4 Å². The number of carbonyl (C=O) groups is 1. The summed E-state index contributed by atoms with van der Waals surface area (Å²) in [6.07, 6.45) is 0.850. The first-order chi connectivity index (χ1) is 8.90. The molecule has 0 aliphatic heterocycles. The predicted molar refractivity (Wildman–Crippen MR) is 72.1 cm³/mol. The van der Waals surface area contributed by atoms with E-state index in [1.807, 2.05) is 6.07 Å². The maximum absolute atomic E-state index is 11.8. The zero-order valence-electron chi connectivity index (χ0n) is 10.9. The molecule has 0 fully saturated rings. The molecule has 1 heterocycles. The number of fused-ring (bicyclic) bond motifs is 1. The molecular weight excluding hydrogens is 244 g/mol. The Morgan fingerprint density at radius 2 is 2.05 bits per heavy atom. The van der Waals surface area contributed by atoms with Gasteiger partial charge in [0.1, 0.15) is 5.82 Å². The normalized spacial score (nSPS) is 11.7. The molecule has 2 rings (SSSR count). The summed E-state index contributed by atoms with van der Waals surface area (Å²) in [4.78, 5) is 29.9. The van der Waals surface area contributed by atoms with Crippen LogP contribution in [0.4, 0.5) is 0 Å². The van der Waals surface area contributed by atoms with Crippen LogP contribution in [0.15, 0.2) is 29.1 Å². The van der Waals surface area contributed by atoms with Crippen molar-refractivity contribution in [2.24, 2.45) is 5.41 Å². The van der Waals surface area contributed by atoms with E-state index in [-0.39, 0.29) is 5.56 Å². The number of H-pyrrole nitrogens is 1. The smallest absolute Gasteiger partial charge is 0.309 e. The van der Waals surface area contributed by atoms with E-state index in [1.165, 1.54) is 0 Å². The number of hydrogen-bond acceptors (Lipinski definition) is 3. The summed E-state index contributed by atoms with van der Waals surface area (Å²) >= 11 is 0. The molecule has 0 atom stereocenters. The van der Waals surface area contributed by atoms with Crippen molar-refractivity contribution in [3.05, 3.63) is 40.4 Å². The minimum Gasteiger partial charge on any atom is -0.481 e. The fourth-order valence-corrected chi connectivity index (χ4v) is 1.79. The Morgan fingerprint density at radius 1 is 1.37 bits per heavy atom. The number of aryl methyl sites for hydroxylation is 1. The summed E-state index contributed by atoms with van der Waals surface area (Å²) < 4.78 is 0. The molecule has 0 bridgehead atoms. The maximum Gasteiger partial charge on any atom is 0.309 e. The van der Waals surface area contributed by atoms with Crippen LogP contribution in [-0.4, -0.2) is 21.0 Å². The van der Waals surface area contributed by atoms with Gasteiger partial charge in [0, 0.05) is 6.42 Å². The molecular formula is C14H16N2O3. The van der Waals surface area contributed by atoms with Crippen LogP contribution in [0.25, 0.3) is 10.9 Å². The summed E-state index contributed by atoms with van der Waals surface area (Å²) in [5, 5.41) is 9.60. The van der Waals surface area contributed by atoms with Crippen molar-refractivity contribution < 1.29 is 9.90 Å². The van der Waals surface area contributed by atoms with E-state index in [4.69, 9.17) is 5.11 Å². The molecule has 0 aliphatic rings. The van der Waals surface area contributed by atoms with E-state index in [2.05, 4.69) is 9.97 Å². The van der Waals surface area contributed by atoms with Crippen LogP contribution < -0.4 is 5.56 Å². The zero-order valence-corrected chi connectivity index (χ0v) is 10.9. The van der Waals surface area contributed by atoms with Gasteiger partial charge in [-0.3, -0.25) is 9.59 Å². The van der Waals surface area contributed by atoms with E-state index in [9.17, 15) is 9.59 Å². The third-order valence-corrected chi connectivity index (χ3v) is 3.23. The third kappa shape index (κ3) is 2.81. The van der Waals surface area contributed by atoms with Crippen LogP contribution in [0.1, 0.15) is 26.1 Å². The quantitative estimate of drug-likeness (QED) is 0.880. The minimum absolute atomic E-state index is 0.186. The number of aromatic amines is 1. The van der Waals surface area contributed by atoms with Crippen molar-refractivity contribution >= 4 is 16.9 Å². The van der Waals surface area contributed by atoms with Crippen molar-refractivity contribution in [3.63, 3.8) is 0 Å². The lowest BCUT2D eigenvalue weighted by molar-refractivity contribution is -0.147. The van der Waals surface area contributed by atoms with Crippen LogP contribution in [0.2, 0.25) is 0 Å². The predicted octanol–water partition coefficient (Wildman–Crippen LogP) is 1.97. The highest BCUT2D eigenvalue weighted by Gasteiger charge is 2.26. The lowest BCUT2D eigenvalue weighted by atomic mass is 9.88. The fraction of sp³-hybridized carbons (Fsp3) is 0.357. The highest BCUT2D eigenvalue weighted by Crippen LogP contribution is 2.22. The van der Waals surface area contributed by atoms with Crippen LogP contribution in [0.5, 0.6) is 0 Å². The van der Waals surface area contributed by atoms with Gasteiger partial charge in [0.2, 0.25) is 0 Å². The molecule has 5 heteroatoms. The molecule has 100 valence electrons. The maximum atomic E-state index is 11.8. The van der Waals surface area contributed by atoms with Crippen LogP contribution in [-0.2, 0) is 11.2 Å². The first kappa shape index (κ1) is 13.3. The van der Waals surface area contributed by atoms with Crippen molar-refractivity contribution in [1.29, 1.82) is 0 Å². The van der Waals surface area contributed by atoms with E-state index >= 15 is 0 Å². The Bertz CT molecular complexity index is 674. The average molecular weight is 260 g/mol. The average Bonchev–Trinajstić information content (AvgIpc) is 2.36. The van der Waals surface area contributed by atoms with Gasteiger partial charge >= 0.3 is 5.97 Å². The Morgan fingerprint density at radius 3 is 2.74 bits per heavy atom. The number of nitrogens with one attached hydrogen (secondary N) is 1. The van der Waals surface area contributed by atoms with Crippen LogP contribution >= 0.6 is 0 Å². The van der Waals surface area contributed by atoms with Gasteiger partial charge in [0.05, 0.1) is 16.3 Å². The molecule has 0 saturated carbocycles. The lowest BCUT2D eigenvalue weighted by Gasteiger charge is -2.18. The molecule has 0 aliphatic carbocycles. The minimum atomic E-state index is -0.851. The van der Waals surface area contributed by atoms with Crippen LogP contribution in [0.3, 0.4) is 0 Å². The molecule has 1 aromatic carbocycles. The molecule has 5 nitrogen and oxygen atoms in total. The Hall–Kier alpha value is -2.17. The number of nitrogens with zero attached hydrogens (tertiary/aromatic N) is 1. The molecule has 19 heavy (non-hydrogen) atoms. The van der Waals surface area contributed by atoms with Crippen molar-refractivity contribution in [2.45, 2.75) is 26.7 Å². The largest absolute Gasteiger partial charge is 0.481 e. The molecule has 2 N–H and O–H groups in total. The second-order valence-electron chi connectivity index (χ2n) is 5.22. The first-order valence-corrected chi connectivity index (χ1v) is 6.11. The molecule has 0 saturated heterocycles. The zero-order chi connectivity index (χ0) is 14.0. The van der Waals surface area contributed by atoms with E-state index in [0.29, 0.717) is 29.6 Å². The van der Waals surface area contributed by atoms with Gasteiger partial charge in [0.15, 0.2) is 0 Å². The molecule has 1 aromatic heterocycles. The second kappa shape index (κ2) is 4.84. The van der Waals surface area contributed by atoms with Crippen LogP contribution in [0, 0.1) is 5.41 Å². The highest BCUT2D eigenvalue weighted by molar-refractivity contribution is 5.77. The molecule has 0 spiro atoms. The summed E-state index contributed by atoms with van der Waals surface area (Å²) in [6, 6.07) is 7.09. The number of hydrogen-bond donors (Lipinski definition) is 2. The highest BCUT2D eigenvalue weighted by atomic mass is 16.4. The third-order valence-electron chi connectivity index (χ3n) is 3.23. The van der Waals surface area contributed by atoms with E-state index in [1.54, 1.807) is 32.0 Å². The van der Waals surface area contributed by atoms with Gasteiger partial charge in [0.25, 0.3) is 5.56 Å². The standard InChI is InChI=1S/C14H16N2O3/c1-14(2,13(18)19)8-7-11-15-10-6-4-3-5-9(10)12(17)16-11/h3-6H,7-8H2,1-2H3,(H,18,19)(H,15,16,17). The molecule has 2 aromatic rings. The summed E-state index contributed by atoms with van der Waals surface area (Å²) in [5.74, 6) is -0.325. The number of carboxylic acid groups (broad SMARTS) is 1. The SMILES string of the molecule is CC(C)(CCc1nc2ccccc2c(=O)[nH]1)C(=O)O. The Labute approximate surface area is 110 Å². The number of para-hydroxylation sites is 1. The van der Waals surface area contributed by atoms with Gasteiger partial charge in [-0.1, -0.05) is 12.1 Å². The number of rotatable bonds is 4. The summed E-state index contributed by atoms with van der Waals surface area (Å²) in [7, 11) is 0. The Kier molecular flexibility index (Phi) is 3.38. The fourth-order valence-electron chi connectivity index (χ4n) is 1.79. The number of carboxylic acids is 1. The number of aliphatic carboxylic acids is 1. The number of aromatic nitrogens is 2. The molecule has 0 radical (unpaired) electrons. The molecule has 0 unspecified atom stereocenters. The van der Waals surface area contributed by atoms with Gasteiger partial charge in [-0.15, -0.1) is 0 Å².